The zero-order valence-corrected chi connectivity index (χ0v) is 9.66. The first-order chi connectivity index (χ1) is 7.63. The standard InChI is InChI=1S/C11H13ClO4/c1-15-8-4-5-10(9(12)7-8)16-6-2-3-11(13)14/h4-5,7H,2-3,6H2,1H3,(H,13,14). The van der Waals surface area contributed by atoms with Crippen molar-refractivity contribution < 1.29 is 19.4 Å². The molecule has 0 unspecified atom stereocenters. The molecular weight excluding hydrogens is 232 g/mol. The summed E-state index contributed by atoms with van der Waals surface area (Å²) in [5.74, 6) is 0.361. The Labute approximate surface area is 98.7 Å². The molecule has 0 aromatic heterocycles. The fraction of sp³-hybridized carbons (Fsp3) is 0.364. The van der Waals surface area contributed by atoms with Gasteiger partial charge in [-0.3, -0.25) is 4.79 Å². The number of aliphatic carboxylic acids is 1. The van der Waals surface area contributed by atoms with E-state index in [4.69, 9.17) is 26.2 Å². The Kier molecular flexibility index (Phi) is 4.92. The van der Waals surface area contributed by atoms with E-state index >= 15 is 0 Å². The summed E-state index contributed by atoms with van der Waals surface area (Å²) < 4.78 is 10.3. The average Bonchev–Trinajstić information content (AvgIpc) is 2.25. The Morgan fingerprint density at radius 2 is 2.25 bits per heavy atom. The van der Waals surface area contributed by atoms with E-state index in [0.717, 1.165) is 0 Å². The molecule has 0 aliphatic heterocycles. The Morgan fingerprint density at radius 1 is 1.50 bits per heavy atom. The molecular formula is C11H13ClO4. The summed E-state index contributed by atoms with van der Waals surface area (Å²) in [4.78, 5) is 10.3. The van der Waals surface area contributed by atoms with Crippen LogP contribution >= 0.6 is 11.6 Å². The highest BCUT2D eigenvalue weighted by Gasteiger charge is 2.03. The van der Waals surface area contributed by atoms with Crippen LogP contribution < -0.4 is 9.47 Å². The molecule has 1 aromatic rings. The quantitative estimate of drug-likeness (QED) is 0.782. The van der Waals surface area contributed by atoms with Gasteiger partial charge in [-0.2, -0.15) is 0 Å². The smallest absolute Gasteiger partial charge is 0.303 e. The summed E-state index contributed by atoms with van der Waals surface area (Å²) >= 11 is 5.93. The van der Waals surface area contributed by atoms with Gasteiger partial charge < -0.3 is 14.6 Å². The molecule has 0 atom stereocenters. The summed E-state index contributed by atoms with van der Waals surface area (Å²) in [6.07, 6.45) is 0.547. The molecule has 16 heavy (non-hydrogen) atoms. The summed E-state index contributed by atoms with van der Waals surface area (Å²) in [5, 5.41) is 8.89. The third-order valence-corrected chi connectivity index (χ3v) is 2.23. The predicted molar refractivity (Wildman–Crippen MR) is 60.4 cm³/mol. The lowest BCUT2D eigenvalue weighted by molar-refractivity contribution is -0.137. The third kappa shape index (κ3) is 3.98. The minimum atomic E-state index is -0.829. The first kappa shape index (κ1) is 12.6. The maximum Gasteiger partial charge on any atom is 0.303 e. The van der Waals surface area contributed by atoms with Gasteiger partial charge in [0, 0.05) is 12.5 Å². The van der Waals surface area contributed by atoms with Gasteiger partial charge >= 0.3 is 5.97 Å². The molecule has 1 rings (SSSR count). The highest BCUT2D eigenvalue weighted by molar-refractivity contribution is 6.32. The van der Waals surface area contributed by atoms with Crippen LogP contribution in [0.4, 0.5) is 0 Å². The number of halogens is 1. The van der Waals surface area contributed by atoms with Crippen molar-refractivity contribution in [3.8, 4) is 11.5 Å². The molecule has 5 heteroatoms. The molecule has 0 bridgehead atoms. The van der Waals surface area contributed by atoms with Gasteiger partial charge in [-0.1, -0.05) is 11.6 Å². The molecule has 88 valence electrons. The lowest BCUT2D eigenvalue weighted by Crippen LogP contribution is -2.02. The second kappa shape index (κ2) is 6.23. The molecule has 0 heterocycles. The summed E-state index contributed by atoms with van der Waals surface area (Å²) in [7, 11) is 1.55. The average molecular weight is 245 g/mol. The normalized spacial score (nSPS) is 9.88. The van der Waals surface area contributed by atoms with Crippen molar-refractivity contribution in [1.82, 2.24) is 0 Å². The van der Waals surface area contributed by atoms with Gasteiger partial charge in [-0.05, 0) is 18.6 Å². The zero-order valence-electron chi connectivity index (χ0n) is 8.90. The van der Waals surface area contributed by atoms with Crippen LogP contribution in [0.25, 0.3) is 0 Å². The number of ether oxygens (including phenoxy) is 2. The van der Waals surface area contributed by atoms with Gasteiger partial charge in [-0.25, -0.2) is 0 Å². The van der Waals surface area contributed by atoms with Crippen molar-refractivity contribution in [3.63, 3.8) is 0 Å². The molecule has 0 aliphatic rings. The van der Waals surface area contributed by atoms with Crippen molar-refractivity contribution in [2.75, 3.05) is 13.7 Å². The highest BCUT2D eigenvalue weighted by Crippen LogP contribution is 2.28. The molecule has 4 nitrogen and oxygen atoms in total. The number of methoxy groups -OCH3 is 1. The largest absolute Gasteiger partial charge is 0.497 e. The van der Waals surface area contributed by atoms with E-state index in [1.807, 2.05) is 0 Å². The molecule has 1 aromatic carbocycles. The van der Waals surface area contributed by atoms with Crippen LogP contribution in [-0.4, -0.2) is 24.8 Å². The van der Waals surface area contributed by atoms with Crippen molar-refractivity contribution in [2.45, 2.75) is 12.8 Å². The Morgan fingerprint density at radius 3 is 2.81 bits per heavy atom. The maximum absolute atomic E-state index is 10.3. The van der Waals surface area contributed by atoms with E-state index in [1.54, 1.807) is 25.3 Å². The Bertz CT molecular complexity index is 365. The second-order valence-corrected chi connectivity index (χ2v) is 3.55. The summed E-state index contributed by atoms with van der Waals surface area (Å²) in [6.45, 7) is 0.332. The van der Waals surface area contributed by atoms with Crippen LogP contribution in [0.2, 0.25) is 5.02 Å². The van der Waals surface area contributed by atoms with Crippen molar-refractivity contribution in [2.24, 2.45) is 0 Å². The molecule has 0 aliphatic carbocycles. The van der Waals surface area contributed by atoms with E-state index in [9.17, 15) is 4.79 Å². The minimum Gasteiger partial charge on any atom is -0.497 e. The van der Waals surface area contributed by atoms with Gasteiger partial charge in [0.15, 0.2) is 0 Å². The zero-order chi connectivity index (χ0) is 12.0. The Hall–Kier alpha value is -1.42. The van der Waals surface area contributed by atoms with E-state index in [-0.39, 0.29) is 6.42 Å². The van der Waals surface area contributed by atoms with Gasteiger partial charge in [0.05, 0.1) is 18.7 Å². The number of carboxylic acids is 1. The number of rotatable bonds is 6. The van der Waals surface area contributed by atoms with E-state index in [2.05, 4.69) is 0 Å². The lowest BCUT2D eigenvalue weighted by atomic mass is 10.3. The van der Waals surface area contributed by atoms with Crippen LogP contribution in [0, 0.1) is 0 Å². The van der Waals surface area contributed by atoms with Crippen LogP contribution in [0.3, 0.4) is 0 Å². The fourth-order valence-corrected chi connectivity index (χ4v) is 1.36. The van der Waals surface area contributed by atoms with E-state index in [0.29, 0.717) is 29.5 Å². The van der Waals surface area contributed by atoms with Gasteiger partial charge in [0.1, 0.15) is 11.5 Å². The lowest BCUT2D eigenvalue weighted by Gasteiger charge is -2.08. The Balaban J connectivity index is 2.45. The van der Waals surface area contributed by atoms with Crippen LogP contribution in [0.1, 0.15) is 12.8 Å². The number of carbonyl (C=O) groups is 1. The second-order valence-electron chi connectivity index (χ2n) is 3.14. The summed E-state index contributed by atoms with van der Waals surface area (Å²) in [6, 6.07) is 5.08. The molecule has 0 spiro atoms. The monoisotopic (exact) mass is 244 g/mol. The first-order valence-electron chi connectivity index (χ1n) is 4.81. The van der Waals surface area contributed by atoms with Crippen molar-refractivity contribution >= 4 is 17.6 Å². The number of hydrogen-bond acceptors (Lipinski definition) is 3. The SMILES string of the molecule is COc1ccc(OCCCC(=O)O)c(Cl)c1. The highest BCUT2D eigenvalue weighted by atomic mass is 35.5. The van der Waals surface area contributed by atoms with E-state index in [1.165, 1.54) is 0 Å². The minimum absolute atomic E-state index is 0.0910. The number of carboxylic acid groups (broad SMARTS) is 1. The first-order valence-corrected chi connectivity index (χ1v) is 5.19. The van der Waals surface area contributed by atoms with Crippen molar-refractivity contribution in [3.05, 3.63) is 23.2 Å². The summed E-state index contributed by atoms with van der Waals surface area (Å²) in [5.41, 5.74) is 0. The predicted octanol–water partition coefficient (Wildman–Crippen LogP) is 2.59. The molecule has 0 saturated heterocycles. The van der Waals surface area contributed by atoms with Gasteiger partial charge in [0.2, 0.25) is 0 Å². The number of hydrogen-bond donors (Lipinski definition) is 1. The molecule has 0 amide bonds. The third-order valence-electron chi connectivity index (χ3n) is 1.93. The van der Waals surface area contributed by atoms with E-state index < -0.39 is 5.97 Å². The molecule has 0 saturated carbocycles. The molecule has 0 radical (unpaired) electrons. The van der Waals surface area contributed by atoms with Crippen LogP contribution in [0.5, 0.6) is 11.5 Å². The van der Waals surface area contributed by atoms with Crippen LogP contribution in [0.15, 0.2) is 18.2 Å². The maximum atomic E-state index is 10.3. The van der Waals surface area contributed by atoms with Crippen molar-refractivity contribution in [1.29, 1.82) is 0 Å². The molecule has 1 N–H and O–H groups in total. The fourth-order valence-electron chi connectivity index (χ4n) is 1.13. The topological polar surface area (TPSA) is 55.8 Å². The van der Waals surface area contributed by atoms with Gasteiger partial charge in [-0.15, -0.1) is 0 Å². The van der Waals surface area contributed by atoms with Crippen LogP contribution in [-0.2, 0) is 4.79 Å². The van der Waals surface area contributed by atoms with Gasteiger partial charge in [0.25, 0.3) is 0 Å². The number of benzene rings is 1. The molecule has 0 fully saturated rings.